The molecule has 1 atom stereocenters. The molecule has 0 aliphatic carbocycles. The maximum absolute atomic E-state index is 13.9. The van der Waals surface area contributed by atoms with Crippen LogP contribution in [0.25, 0.3) is 0 Å². The summed E-state index contributed by atoms with van der Waals surface area (Å²) in [5.41, 5.74) is 1.33. The predicted molar refractivity (Wildman–Crippen MR) is 82.9 cm³/mol. The Bertz CT molecular complexity index is 601. The smallest absolute Gasteiger partial charge is 0.129 e. The average molecular weight is 382 g/mol. The van der Waals surface area contributed by atoms with E-state index in [1.165, 1.54) is 6.07 Å². The Morgan fingerprint density at radius 3 is 2.58 bits per heavy atom. The number of rotatable bonds is 3. The zero-order valence-electron chi connectivity index (χ0n) is 9.64. The second-order valence-corrected chi connectivity index (χ2v) is 6.31. The van der Waals surface area contributed by atoms with Crippen molar-refractivity contribution in [2.45, 2.75) is 11.8 Å². The molecule has 0 bridgehead atoms. The van der Waals surface area contributed by atoms with Gasteiger partial charge in [-0.2, -0.15) is 0 Å². The standard InChI is InChI=1S/C14H9BrCl3F/c15-11-7-14(19)10(6-13(11)18)12(17)5-8-2-1-3-9(16)4-8/h1-4,6-7,12H,5H2. The molecule has 2 aromatic carbocycles. The van der Waals surface area contributed by atoms with Crippen LogP contribution in [0.1, 0.15) is 16.5 Å². The monoisotopic (exact) mass is 380 g/mol. The maximum Gasteiger partial charge on any atom is 0.129 e. The highest BCUT2D eigenvalue weighted by Gasteiger charge is 2.16. The summed E-state index contributed by atoms with van der Waals surface area (Å²) in [5.74, 6) is -0.377. The van der Waals surface area contributed by atoms with E-state index in [-0.39, 0.29) is 5.82 Å². The predicted octanol–water partition coefficient (Wildman–Crippen LogP) is 6.42. The molecular weight excluding hydrogens is 373 g/mol. The minimum Gasteiger partial charge on any atom is -0.207 e. The van der Waals surface area contributed by atoms with Crippen LogP contribution in [-0.2, 0) is 6.42 Å². The highest BCUT2D eigenvalue weighted by atomic mass is 79.9. The summed E-state index contributed by atoms with van der Waals surface area (Å²) in [4.78, 5) is 0. The first-order valence-corrected chi connectivity index (χ1v) is 7.49. The summed E-state index contributed by atoms with van der Waals surface area (Å²) in [7, 11) is 0. The van der Waals surface area contributed by atoms with Gasteiger partial charge in [0.25, 0.3) is 0 Å². The highest BCUT2D eigenvalue weighted by Crippen LogP contribution is 2.33. The third-order valence-corrected chi connectivity index (χ3v) is 4.50. The van der Waals surface area contributed by atoms with E-state index in [1.807, 2.05) is 18.2 Å². The van der Waals surface area contributed by atoms with Gasteiger partial charge in [0.1, 0.15) is 5.82 Å². The fourth-order valence-electron chi connectivity index (χ4n) is 1.76. The molecule has 2 aromatic rings. The van der Waals surface area contributed by atoms with Crippen molar-refractivity contribution in [3.8, 4) is 0 Å². The lowest BCUT2D eigenvalue weighted by Gasteiger charge is -2.12. The van der Waals surface area contributed by atoms with Crippen molar-refractivity contribution in [3.05, 3.63) is 67.9 Å². The molecule has 2 rings (SSSR count). The first kappa shape index (κ1) is 15.1. The second kappa shape index (κ2) is 6.45. The lowest BCUT2D eigenvalue weighted by molar-refractivity contribution is 0.605. The van der Waals surface area contributed by atoms with Crippen LogP contribution in [0.5, 0.6) is 0 Å². The Labute approximate surface area is 134 Å². The van der Waals surface area contributed by atoms with Gasteiger partial charge >= 0.3 is 0 Å². The van der Waals surface area contributed by atoms with Crippen molar-refractivity contribution in [3.63, 3.8) is 0 Å². The first-order chi connectivity index (χ1) is 8.97. The summed E-state index contributed by atoms with van der Waals surface area (Å²) < 4.78 is 14.4. The van der Waals surface area contributed by atoms with E-state index in [1.54, 1.807) is 12.1 Å². The van der Waals surface area contributed by atoms with Crippen LogP contribution in [0.3, 0.4) is 0 Å². The minimum atomic E-state index is -0.496. The van der Waals surface area contributed by atoms with E-state index in [0.29, 0.717) is 26.5 Å². The molecule has 0 fully saturated rings. The summed E-state index contributed by atoms with van der Waals surface area (Å²) in [6.45, 7) is 0. The van der Waals surface area contributed by atoms with Crippen molar-refractivity contribution in [1.29, 1.82) is 0 Å². The largest absolute Gasteiger partial charge is 0.207 e. The van der Waals surface area contributed by atoms with Gasteiger partial charge < -0.3 is 0 Å². The number of hydrogen-bond donors (Lipinski definition) is 0. The zero-order chi connectivity index (χ0) is 14.0. The molecule has 0 aliphatic heterocycles. The number of alkyl halides is 1. The van der Waals surface area contributed by atoms with Gasteiger partial charge in [0, 0.05) is 15.1 Å². The third kappa shape index (κ3) is 3.85. The van der Waals surface area contributed by atoms with Crippen LogP contribution in [0.15, 0.2) is 40.9 Å². The van der Waals surface area contributed by atoms with Crippen LogP contribution < -0.4 is 0 Å². The molecule has 0 radical (unpaired) electrons. The molecule has 0 N–H and O–H groups in total. The van der Waals surface area contributed by atoms with Gasteiger partial charge in [-0.3, -0.25) is 0 Å². The highest BCUT2D eigenvalue weighted by molar-refractivity contribution is 9.10. The molecule has 100 valence electrons. The third-order valence-electron chi connectivity index (χ3n) is 2.68. The summed E-state index contributed by atoms with van der Waals surface area (Å²) >= 11 is 21.3. The maximum atomic E-state index is 13.9. The molecule has 0 aliphatic rings. The molecule has 0 aromatic heterocycles. The Hall–Kier alpha value is -0.280. The van der Waals surface area contributed by atoms with E-state index in [4.69, 9.17) is 34.8 Å². The average Bonchev–Trinajstić information content (AvgIpc) is 2.33. The first-order valence-electron chi connectivity index (χ1n) is 5.50. The van der Waals surface area contributed by atoms with Crippen molar-refractivity contribution in [2.24, 2.45) is 0 Å². The number of benzene rings is 2. The molecular formula is C14H9BrCl3F. The van der Waals surface area contributed by atoms with Crippen LogP contribution in [0.4, 0.5) is 4.39 Å². The zero-order valence-corrected chi connectivity index (χ0v) is 13.5. The summed E-state index contributed by atoms with van der Waals surface area (Å²) in [6, 6.07) is 10.2. The van der Waals surface area contributed by atoms with Gasteiger partial charge in [-0.1, -0.05) is 35.3 Å². The van der Waals surface area contributed by atoms with Crippen molar-refractivity contribution < 1.29 is 4.39 Å². The molecule has 0 saturated heterocycles. The SMILES string of the molecule is Fc1cc(Br)c(Cl)cc1C(Cl)Cc1cccc(Cl)c1. The fraction of sp³-hybridized carbons (Fsp3) is 0.143. The fourth-order valence-corrected chi connectivity index (χ4v) is 2.80. The van der Waals surface area contributed by atoms with Crippen LogP contribution in [0, 0.1) is 5.82 Å². The van der Waals surface area contributed by atoms with Crippen molar-refractivity contribution in [2.75, 3.05) is 0 Å². The van der Waals surface area contributed by atoms with E-state index < -0.39 is 5.38 Å². The number of hydrogen-bond acceptors (Lipinski definition) is 0. The van der Waals surface area contributed by atoms with E-state index in [9.17, 15) is 4.39 Å². The molecule has 0 nitrogen and oxygen atoms in total. The minimum absolute atomic E-state index is 0.377. The Balaban J connectivity index is 2.25. The summed E-state index contributed by atoms with van der Waals surface area (Å²) in [5, 5.41) is 0.577. The quantitative estimate of drug-likeness (QED) is 0.425. The normalized spacial score (nSPS) is 12.5. The van der Waals surface area contributed by atoms with Gasteiger partial charge in [0.05, 0.1) is 10.4 Å². The molecule has 1 unspecified atom stereocenters. The van der Waals surface area contributed by atoms with E-state index >= 15 is 0 Å². The molecule has 0 amide bonds. The topological polar surface area (TPSA) is 0 Å². The van der Waals surface area contributed by atoms with Gasteiger partial charge in [0.2, 0.25) is 0 Å². The van der Waals surface area contributed by atoms with E-state index in [0.717, 1.165) is 5.56 Å². The van der Waals surface area contributed by atoms with Crippen LogP contribution in [0.2, 0.25) is 10.0 Å². The van der Waals surface area contributed by atoms with Gasteiger partial charge in [0.15, 0.2) is 0 Å². The van der Waals surface area contributed by atoms with Crippen molar-refractivity contribution in [1.82, 2.24) is 0 Å². The Kier molecular flexibility index (Phi) is 5.13. The molecule has 19 heavy (non-hydrogen) atoms. The second-order valence-electron chi connectivity index (χ2n) is 4.09. The Morgan fingerprint density at radius 2 is 1.89 bits per heavy atom. The summed E-state index contributed by atoms with van der Waals surface area (Å²) in [6.07, 6.45) is 0.483. The van der Waals surface area contributed by atoms with Crippen LogP contribution >= 0.6 is 50.7 Å². The van der Waals surface area contributed by atoms with Crippen LogP contribution in [-0.4, -0.2) is 0 Å². The molecule has 0 heterocycles. The number of halogens is 5. The molecule has 0 spiro atoms. The van der Waals surface area contributed by atoms with Gasteiger partial charge in [-0.05, 0) is 52.2 Å². The van der Waals surface area contributed by atoms with Gasteiger partial charge in [-0.15, -0.1) is 11.6 Å². The Morgan fingerprint density at radius 1 is 1.16 bits per heavy atom. The van der Waals surface area contributed by atoms with Gasteiger partial charge in [-0.25, -0.2) is 4.39 Å². The lowest BCUT2D eigenvalue weighted by atomic mass is 10.0. The molecule has 0 saturated carbocycles. The van der Waals surface area contributed by atoms with Crippen molar-refractivity contribution >= 4 is 50.7 Å². The molecule has 5 heteroatoms. The van der Waals surface area contributed by atoms with E-state index in [2.05, 4.69) is 15.9 Å². The lowest BCUT2D eigenvalue weighted by Crippen LogP contribution is -1.99.